The highest BCUT2D eigenvalue weighted by atomic mass is 19.1. The molecule has 0 saturated heterocycles. The molecule has 2 aliphatic carbocycles. The molecule has 5 heteroatoms. The van der Waals surface area contributed by atoms with Crippen LogP contribution >= 0.6 is 0 Å². The van der Waals surface area contributed by atoms with Gasteiger partial charge in [0, 0.05) is 17.3 Å². The summed E-state index contributed by atoms with van der Waals surface area (Å²) in [5, 5.41) is 6.01. The summed E-state index contributed by atoms with van der Waals surface area (Å²) in [5.74, 6) is -0.512. The molecule has 0 atom stereocenters. The van der Waals surface area contributed by atoms with Crippen LogP contribution in [0.15, 0.2) is 48.5 Å². The Hall–Kier alpha value is -2.69. The molecule has 146 valence electrons. The van der Waals surface area contributed by atoms with E-state index in [1.807, 2.05) is 6.07 Å². The van der Waals surface area contributed by atoms with Crippen LogP contribution in [0.5, 0.6) is 0 Å². The van der Waals surface area contributed by atoms with Gasteiger partial charge in [-0.3, -0.25) is 9.59 Å². The zero-order valence-corrected chi connectivity index (χ0v) is 15.8. The molecule has 0 aromatic heterocycles. The van der Waals surface area contributed by atoms with Crippen molar-refractivity contribution in [2.45, 2.75) is 56.4 Å². The molecule has 28 heavy (non-hydrogen) atoms. The van der Waals surface area contributed by atoms with Gasteiger partial charge in [0.2, 0.25) is 5.91 Å². The quantitative estimate of drug-likeness (QED) is 0.799. The lowest BCUT2D eigenvalue weighted by Crippen LogP contribution is -2.46. The van der Waals surface area contributed by atoms with E-state index in [-0.39, 0.29) is 23.7 Å². The average molecular weight is 380 g/mol. The van der Waals surface area contributed by atoms with E-state index in [4.69, 9.17) is 0 Å². The summed E-state index contributed by atoms with van der Waals surface area (Å²) in [6.45, 7) is 0. The van der Waals surface area contributed by atoms with Crippen molar-refractivity contribution in [3.63, 3.8) is 0 Å². The number of carbonyl (C=O) groups is 2. The number of anilines is 1. The van der Waals surface area contributed by atoms with Gasteiger partial charge in [-0.1, -0.05) is 31.4 Å². The van der Waals surface area contributed by atoms with Gasteiger partial charge in [-0.05, 0) is 67.6 Å². The van der Waals surface area contributed by atoms with Crippen LogP contribution in [0, 0.1) is 5.82 Å². The normalized spacial score (nSPS) is 18.3. The molecule has 2 aromatic rings. The fraction of sp³-hybridized carbons (Fsp3) is 0.391. The van der Waals surface area contributed by atoms with E-state index in [0.717, 1.165) is 24.8 Å². The first kappa shape index (κ1) is 18.7. The Morgan fingerprint density at radius 3 is 2.29 bits per heavy atom. The van der Waals surface area contributed by atoms with E-state index in [1.165, 1.54) is 25.0 Å². The third-order valence-corrected chi connectivity index (χ3v) is 6.11. The summed E-state index contributed by atoms with van der Waals surface area (Å²) < 4.78 is 13.6. The Balaban J connectivity index is 1.43. The van der Waals surface area contributed by atoms with Gasteiger partial charge >= 0.3 is 0 Å². The van der Waals surface area contributed by atoms with E-state index in [1.54, 1.807) is 30.3 Å². The van der Waals surface area contributed by atoms with E-state index >= 15 is 0 Å². The number of carbonyl (C=O) groups excluding carboxylic acids is 2. The van der Waals surface area contributed by atoms with Crippen LogP contribution in [-0.4, -0.2) is 17.9 Å². The van der Waals surface area contributed by atoms with E-state index in [2.05, 4.69) is 10.6 Å². The van der Waals surface area contributed by atoms with Gasteiger partial charge in [0.1, 0.15) is 5.82 Å². The van der Waals surface area contributed by atoms with Gasteiger partial charge in [0.05, 0.1) is 5.41 Å². The second-order valence-corrected chi connectivity index (χ2v) is 7.93. The van der Waals surface area contributed by atoms with Gasteiger partial charge in [0.25, 0.3) is 5.91 Å². The second kappa shape index (κ2) is 7.74. The lowest BCUT2D eigenvalue weighted by molar-refractivity contribution is -0.124. The van der Waals surface area contributed by atoms with E-state index in [0.29, 0.717) is 24.1 Å². The molecule has 2 N–H and O–H groups in total. The predicted octanol–water partition coefficient (Wildman–Crippen LogP) is 4.56. The summed E-state index contributed by atoms with van der Waals surface area (Å²) in [4.78, 5) is 25.3. The number of rotatable bonds is 5. The maximum atomic E-state index is 13.6. The van der Waals surface area contributed by atoms with Crippen LogP contribution < -0.4 is 10.6 Å². The van der Waals surface area contributed by atoms with E-state index in [9.17, 15) is 14.0 Å². The van der Waals surface area contributed by atoms with Crippen LogP contribution in [0.1, 0.15) is 60.9 Å². The van der Waals surface area contributed by atoms with Crippen LogP contribution in [0.3, 0.4) is 0 Å². The molecule has 0 heterocycles. The minimum Gasteiger partial charge on any atom is -0.349 e. The molecule has 0 aliphatic heterocycles. The van der Waals surface area contributed by atoms with Crippen molar-refractivity contribution in [3.8, 4) is 0 Å². The van der Waals surface area contributed by atoms with E-state index < -0.39 is 5.41 Å². The van der Waals surface area contributed by atoms with Gasteiger partial charge < -0.3 is 10.6 Å². The summed E-state index contributed by atoms with van der Waals surface area (Å²) in [7, 11) is 0. The number of halogens is 1. The molecule has 0 bridgehead atoms. The molecule has 2 aromatic carbocycles. The number of amides is 2. The molecule has 0 radical (unpaired) electrons. The number of hydrogen-bond acceptors (Lipinski definition) is 2. The second-order valence-electron chi connectivity index (χ2n) is 7.93. The Morgan fingerprint density at radius 1 is 0.964 bits per heavy atom. The smallest absolute Gasteiger partial charge is 0.251 e. The Labute approximate surface area is 164 Å². The Bertz CT molecular complexity index is 868. The van der Waals surface area contributed by atoms with Crippen molar-refractivity contribution in [3.05, 3.63) is 65.5 Å². The zero-order valence-electron chi connectivity index (χ0n) is 15.8. The number of benzene rings is 2. The van der Waals surface area contributed by atoms with Crippen molar-refractivity contribution >= 4 is 17.5 Å². The number of hydrogen-bond donors (Lipinski definition) is 2. The van der Waals surface area contributed by atoms with Crippen molar-refractivity contribution in [1.29, 1.82) is 0 Å². The van der Waals surface area contributed by atoms with Crippen LogP contribution in [0.4, 0.5) is 10.1 Å². The lowest BCUT2D eigenvalue weighted by atomic mass is 9.63. The average Bonchev–Trinajstić information content (AvgIpc) is 3.14. The molecule has 2 aliphatic rings. The fourth-order valence-corrected chi connectivity index (χ4v) is 4.26. The molecule has 4 nitrogen and oxygen atoms in total. The molecule has 2 fully saturated rings. The van der Waals surface area contributed by atoms with Crippen molar-refractivity contribution in [1.82, 2.24) is 5.32 Å². The molecule has 0 unspecified atom stereocenters. The first-order chi connectivity index (χ1) is 13.6. The van der Waals surface area contributed by atoms with Crippen LogP contribution in [-0.2, 0) is 10.2 Å². The van der Waals surface area contributed by atoms with Gasteiger partial charge in [-0.15, -0.1) is 0 Å². The summed E-state index contributed by atoms with van der Waals surface area (Å²) in [6, 6.07) is 13.5. The van der Waals surface area contributed by atoms with Crippen LogP contribution in [0.2, 0.25) is 0 Å². The largest absolute Gasteiger partial charge is 0.349 e. The molecular formula is C23H25FN2O2. The topological polar surface area (TPSA) is 58.2 Å². The molecule has 0 spiro atoms. The third-order valence-electron chi connectivity index (χ3n) is 6.11. The van der Waals surface area contributed by atoms with Crippen molar-refractivity contribution in [2.75, 3.05) is 5.32 Å². The van der Waals surface area contributed by atoms with Gasteiger partial charge in [-0.25, -0.2) is 4.39 Å². The summed E-state index contributed by atoms with van der Waals surface area (Å²) in [5.41, 5.74) is 1.29. The highest BCUT2D eigenvalue weighted by molar-refractivity contribution is 6.00. The highest BCUT2D eigenvalue weighted by Gasteiger charge is 2.45. The van der Waals surface area contributed by atoms with Crippen molar-refractivity contribution < 1.29 is 14.0 Å². The lowest BCUT2D eigenvalue weighted by Gasteiger charge is -2.40. The first-order valence-corrected chi connectivity index (χ1v) is 10.1. The minimum atomic E-state index is -0.666. The van der Waals surface area contributed by atoms with Crippen LogP contribution in [0.25, 0.3) is 0 Å². The standard InChI is InChI=1S/C23H25FN2O2/c24-18-6-3-5-17(15-18)23(13-4-14-23)22(28)26-20-11-9-16(10-12-20)21(27)25-19-7-1-2-8-19/h3,5-6,9-12,15,19H,1-2,4,7-8,13-14H2,(H,25,27)(H,26,28). The number of nitrogens with one attached hydrogen (secondary N) is 2. The maximum Gasteiger partial charge on any atom is 0.251 e. The SMILES string of the molecule is O=C(NC1CCCC1)c1ccc(NC(=O)C2(c3cccc(F)c3)CCC2)cc1. The van der Waals surface area contributed by atoms with Crippen molar-refractivity contribution in [2.24, 2.45) is 0 Å². The highest BCUT2D eigenvalue weighted by Crippen LogP contribution is 2.44. The van der Waals surface area contributed by atoms with Gasteiger partial charge in [0.15, 0.2) is 0 Å². The summed E-state index contributed by atoms with van der Waals surface area (Å²) in [6.07, 6.45) is 6.80. The minimum absolute atomic E-state index is 0.0694. The molecule has 2 saturated carbocycles. The maximum absolute atomic E-state index is 13.6. The first-order valence-electron chi connectivity index (χ1n) is 10.1. The molecular weight excluding hydrogens is 355 g/mol. The fourth-order valence-electron chi connectivity index (χ4n) is 4.26. The Kier molecular flexibility index (Phi) is 5.16. The predicted molar refractivity (Wildman–Crippen MR) is 107 cm³/mol. The third kappa shape index (κ3) is 3.66. The van der Waals surface area contributed by atoms with Gasteiger partial charge in [-0.2, -0.15) is 0 Å². The summed E-state index contributed by atoms with van der Waals surface area (Å²) >= 11 is 0. The zero-order chi connectivity index (χ0) is 19.6. The molecule has 2 amide bonds. The molecule has 4 rings (SSSR count). The monoisotopic (exact) mass is 380 g/mol. The Morgan fingerprint density at radius 2 is 1.68 bits per heavy atom.